The van der Waals surface area contributed by atoms with Gasteiger partial charge in [-0.1, -0.05) is 30.3 Å². The van der Waals surface area contributed by atoms with Gasteiger partial charge in [-0.2, -0.15) is 0 Å². The van der Waals surface area contributed by atoms with E-state index < -0.39 is 6.04 Å². The third kappa shape index (κ3) is 2.24. The number of nitrogens with zero attached hydrogens (tertiary/aromatic N) is 3. The van der Waals surface area contributed by atoms with Crippen LogP contribution in [0.15, 0.2) is 30.3 Å². The number of rotatable bonds is 2. The lowest BCUT2D eigenvalue weighted by atomic mass is 10.1. The van der Waals surface area contributed by atoms with E-state index in [1.807, 2.05) is 37.3 Å². The first kappa shape index (κ1) is 14.6. The van der Waals surface area contributed by atoms with Gasteiger partial charge in [0.15, 0.2) is 0 Å². The largest absolute Gasteiger partial charge is 0.339 e. The van der Waals surface area contributed by atoms with Crippen LogP contribution in [0.4, 0.5) is 4.79 Å². The zero-order valence-corrected chi connectivity index (χ0v) is 12.7. The number of imide groups is 1. The molecule has 2 aliphatic heterocycles. The molecule has 1 aromatic rings. The van der Waals surface area contributed by atoms with E-state index in [0.717, 1.165) is 5.56 Å². The second-order valence-corrected chi connectivity index (χ2v) is 5.75. The van der Waals surface area contributed by atoms with Gasteiger partial charge in [0.25, 0.3) is 5.91 Å². The van der Waals surface area contributed by atoms with E-state index in [1.54, 1.807) is 9.80 Å². The fraction of sp³-hybridized carbons (Fsp3) is 0.438. The molecule has 0 radical (unpaired) electrons. The molecule has 0 spiro atoms. The predicted octanol–water partition coefficient (Wildman–Crippen LogP) is 1.24. The molecule has 2 saturated heterocycles. The average Bonchev–Trinajstić information content (AvgIpc) is 2.78. The smallest absolute Gasteiger partial charge is 0.328 e. The Morgan fingerprint density at radius 1 is 1.18 bits per heavy atom. The fourth-order valence-corrected chi connectivity index (χ4v) is 3.14. The van der Waals surface area contributed by atoms with Crippen molar-refractivity contribution in [3.05, 3.63) is 35.9 Å². The van der Waals surface area contributed by atoms with Gasteiger partial charge >= 0.3 is 6.03 Å². The normalized spacial score (nSPS) is 22.8. The number of carbonyl (C=O) groups is 3. The second-order valence-electron chi connectivity index (χ2n) is 5.75. The van der Waals surface area contributed by atoms with Crippen molar-refractivity contribution in [2.75, 3.05) is 19.6 Å². The number of hydrogen-bond acceptors (Lipinski definition) is 3. The van der Waals surface area contributed by atoms with Crippen LogP contribution >= 0.6 is 0 Å². The van der Waals surface area contributed by atoms with Crippen molar-refractivity contribution in [2.24, 2.45) is 0 Å². The van der Waals surface area contributed by atoms with Gasteiger partial charge in [0.2, 0.25) is 5.91 Å². The van der Waals surface area contributed by atoms with E-state index in [4.69, 9.17) is 0 Å². The summed E-state index contributed by atoms with van der Waals surface area (Å²) in [7, 11) is 0. The number of benzene rings is 1. The van der Waals surface area contributed by atoms with Crippen LogP contribution in [0.2, 0.25) is 0 Å². The van der Waals surface area contributed by atoms with Gasteiger partial charge in [-0.3, -0.25) is 14.5 Å². The van der Waals surface area contributed by atoms with Crippen molar-refractivity contribution in [1.29, 1.82) is 0 Å². The lowest BCUT2D eigenvalue weighted by molar-refractivity contribution is -0.135. The van der Waals surface area contributed by atoms with Crippen molar-refractivity contribution < 1.29 is 14.4 Å². The van der Waals surface area contributed by atoms with Crippen LogP contribution in [-0.4, -0.2) is 58.2 Å². The molecular weight excluding hydrogens is 282 g/mol. The number of carbonyl (C=O) groups excluding carboxylic acids is 3. The number of piperazine rings is 1. The van der Waals surface area contributed by atoms with Crippen molar-refractivity contribution in [1.82, 2.24) is 14.7 Å². The molecule has 116 valence electrons. The molecule has 4 amide bonds. The highest BCUT2D eigenvalue weighted by Gasteiger charge is 2.49. The first-order valence-corrected chi connectivity index (χ1v) is 7.45. The second kappa shape index (κ2) is 5.44. The van der Waals surface area contributed by atoms with Crippen LogP contribution in [0.25, 0.3) is 0 Å². The molecule has 2 atom stereocenters. The van der Waals surface area contributed by atoms with Gasteiger partial charge in [0.05, 0.1) is 12.6 Å². The van der Waals surface area contributed by atoms with Gasteiger partial charge in [0, 0.05) is 20.0 Å². The third-order valence-corrected chi connectivity index (χ3v) is 4.47. The zero-order valence-electron chi connectivity index (χ0n) is 12.7. The summed E-state index contributed by atoms with van der Waals surface area (Å²) in [5.74, 6) is -0.276. The first-order valence-electron chi connectivity index (χ1n) is 7.45. The average molecular weight is 301 g/mol. The molecule has 2 fully saturated rings. The molecule has 0 N–H and O–H groups in total. The summed E-state index contributed by atoms with van der Waals surface area (Å²) in [5, 5.41) is 0. The Labute approximate surface area is 129 Å². The maximum atomic E-state index is 12.7. The SMILES string of the molecule is CC(=O)N1CCN2C(=O)N([C@@H](C)c3ccccc3)C(=O)[C@@H]2C1. The molecule has 6 heteroatoms. The van der Waals surface area contributed by atoms with E-state index >= 15 is 0 Å². The van der Waals surface area contributed by atoms with Crippen LogP contribution < -0.4 is 0 Å². The molecule has 1 aromatic carbocycles. The number of hydrogen-bond donors (Lipinski definition) is 0. The summed E-state index contributed by atoms with van der Waals surface area (Å²) in [4.78, 5) is 41.3. The van der Waals surface area contributed by atoms with E-state index in [0.29, 0.717) is 13.1 Å². The number of fused-ring (bicyclic) bond motifs is 1. The van der Waals surface area contributed by atoms with Crippen LogP contribution in [-0.2, 0) is 9.59 Å². The lowest BCUT2D eigenvalue weighted by Gasteiger charge is -2.34. The van der Waals surface area contributed by atoms with Crippen LogP contribution in [0.1, 0.15) is 25.5 Å². The maximum absolute atomic E-state index is 12.7. The third-order valence-electron chi connectivity index (χ3n) is 4.47. The molecule has 2 aliphatic rings. The summed E-state index contributed by atoms with van der Waals surface area (Å²) >= 11 is 0. The minimum atomic E-state index is -0.545. The van der Waals surface area contributed by atoms with Gasteiger partial charge in [-0.05, 0) is 12.5 Å². The van der Waals surface area contributed by atoms with E-state index in [-0.39, 0.29) is 30.4 Å². The Bertz CT molecular complexity index is 616. The summed E-state index contributed by atoms with van der Waals surface area (Å²) < 4.78 is 0. The van der Waals surface area contributed by atoms with Crippen molar-refractivity contribution in [3.8, 4) is 0 Å². The van der Waals surface area contributed by atoms with Crippen molar-refractivity contribution in [2.45, 2.75) is 25.9 Å². The highest BCUT2D eigenvalue weighted by atomic mass is 16.2. The van der Waals surface area contributed by atoms with E-state index in [9.17, 15) is 14.4 Å². The molecule has 2 heterocycles. The zero-order chi connectivity index (χ0) is 15.9. The van der Waals surface area contributed by atoms with Gasteiger partial charge in [-0.25, -0.2) is 4.79 Å². The molecule has 22 heavy (non-hydrogen) atoms. The Balaban J connectivity index is 1.84. The monoisotopic (exact) mass is 301 g/mol. The Hall–Kier alpha value is -2.37. The standard InChI is InChI=1S/C16H19N3O3/c1-11(13-6-4-3-5-7-13)19-15(21)14-10-17(12(2)20)8-9-18(14)16(19)22/h3-7,11,14H,8-10H2,1-2H3/t11-,14-/m0/s1. The molecular formula is C16H19N3O3. The Morgan fingerprint density at radius 2 is 1.86 bits per heavy atom. The molecule has 0 unspecified atom stereocenters. The quantitative estimate of drug-likeness (QED) is 0.772. The predicted molar refractivity (Wildman–Crippen MR) is 79.8 cm³/mol. The molecule has 0 aliphatic carbocycles. The summed E-state index contributed by atoms with van der Waals surface area (Å²) in [6.07, 6.45) is 0. The summed E-state index contributed by atoms with van der Waals surface area (Å²) in [6, 6.07) is 8.39. The Morgan fingerprint density at radius 3 is 2.50 bits per heavy atom. The molecule has 3 rings (SSSR count). The van der Waals surface area contributed by atoms with Gasteiger partial charge in [0.1, 0.15) is 6.04 Å². The molecule has 0 bridgehead atoms. The first-order chi connectivity index (χ1) is 10.5. The fourth-order valence-electron chi connectivity index (χ4n) is 3.14. The topological polar surface area (TPSA) is 60.9 Å². The van der Waals surface area contributed by atoms with Gasteiger partial charge < -0.3 is 9.80 Å². The molecule has 0 aromatic heterocycles. The van der Waals surface area contributed by atoms with Gasteiger partial charge in [-0.15, -0.1) is 0 Å². The minimum absolute atomic E-state index is 0.0607. The lowest BCUT2D eigenvalue weighted by Crippen LogP contribution is -2.54. The van der Waals surface area contributed by atoms with Crippen molar-refractivity contribution in [3.63, 3.8) is 0 Å². The maximum Gasteiger partial charge on any atom is 0.328 e. The number of urea groups is 1. The van der Waals surface area contributed by atoms with Crippen LogP contribution in [0.5, 0.6) is 0 Å². The van der Waals surface area contributed by atoms with E-state index in [1.165, 1.54) is 11.8 Å². The highest BCUT2D eigenvalue weighted by Crippen LogP contribution is 2.30. The van der Waals surface area contributed by atoms with E-state index in [2.05, 4.69) is 0 Å². The Kier molecular flexibility index (Phi) is 3.60. The number of amides is 4. The minimum Gasteiger partial charge on any atom is -0.339 e. The summed E-state index contributed by atoms with van der Waals surface area (Å²) in [5.41, 5.74) is 0.924. The highest BCUT2D eigenvalue weighted by molar-refractivity contribution is 6.05. The van der Waals surface area contributed by atoms with Crippen LogP contribution in [0.3, 0.4) is 0 Å². The molecule has 6 nitrogen and oxygen atoms in total. The van der Waals surface area contributed by atoms with Crippen LogP contribution in [0, 0.1) is 0 Å². The summed E-state index contributed by atoms with van der Waals surface area (Å²) in [6.45, 7) is 4.52. The van der Waals surface area contributed by atoms with Crippen molar-refractivity contribution >= 4 is 17.8 Å². The molecule has 0 saturated carbocycles.